The molecule has 4 aromatic rings. The van der Waals surface area contributed by atoms with Crippen molar-refractivity contribution in [2.75, 3.05) is 25.6 Å². The zero-order valence-corrected chi connectivity index (χ0v) is 22.3. The van der Waals surface area contributed by atoms with Gasteiger partial charge in [-0.1, -0.05) is 54.1 Å². The maximum absolute atomic E-state index is 12.8. The van der Waals surface area contributed by atoms with Crippen molar-refractivity contribution in [3.05, 3.63) is 95.2 Å². The fourth-order valence-electron chi connectivity index (χ4n) is 4.75. The molecule has 1 aliphatic rings. The zero-order valence-electron chi connectivity index (χ0n) is 21.5. The number of aryl methyl sites for hydroxylation is 1. The van der Waals surface area contributed by atoms with Gasteiger partial charge in [0.25, 0.3) is 0 Å². The first-order valence-corrected chi connectivity index (χ1v) is 13.4. The van der Waals surface area contributed by atoms with Crippen LogP contribution in [0.1, 0.15) is 30.6 Å². The number of benzene rings is 3. The van der Waals surface area contributed by atoms with Crippen LogP contribution in [0.5, 0.6) is 0 Å². The lowest BCUT2D eigenvalue weighted by molar-refractivity contribution is -0.116. The van der Waals surface area contributed by atoms with Gasteiger partial charge in [-0.15, -0.1) is 0 Å². The summed E-state index contributed by atoms with van der Waals surface area (Å²) in [6, 6.07) is 25.9. The van der Waals surface area contributed by atoms with Gasteiger partial charge in [0.2, 0.25) is 11.8 Å². The number of aromatic nitrogens is 1. The van der Waals surface area contributed by atoms with Crippen molar-refractivity contribution >= 4 is 23.2 Å². The fraction of sp³-hybridized carbons (Fsp3) is 0.290. The summed E-state index contributed by atoms with van der Waals surface area (Å²) in [5.41, 5.74) is 4.52. The Morgan fingerprint density at radius 2 is 1.68 bits per heavy atom. The first-order chi connectivity index (χ1) is 18.5. The van der Waals surface area contributed by atoms with Gasteiger partial charge in [0.1, 0.15) is 11.5 Å². The number of amides is 1. The molecule has 0 atom stereocenters. The van der Waals surface area contributed by atoms with Crippen molar-refractivity contribution in [2.24, 2.45) is 0 Å². The fourth-order valence-corrected chi connectivity index (χ4v) is 4.87. The second-order valence-corrected chi connectivity index (χ2v) is 10.1. The second kappa shape index (κ2) is 12.4. The van der Waals surface area contributed by atoms with Crippen LogP contribution in [0.15, 0.2) is 83.3 Å². The van der Waals surface area contributed by atoms with E-state index in [0.29, 0.717) is 29.1 Å². The summed E-state index contributed by atoms with van der Waals surface area (Å²) in [7, 11) is 2.16. The molecule has 0 radical (unpaired) electrons. The lowest BCUT2D eigenvalue weighted by Gasteiger charge is -2.31. The first kappa shape index (κ1) is 26.2. The number of nitrogens with zero attached hydrogens (tertiary/aromatic N) is 2. The quantitative estimate of drug-likeness (QED) is 0.257. The summed E-state index contributed by atoms with van der Waals surface area (Å²) in [6.45, 7) is 2.55. The van der Waals surface area contributed by atoms with Crippen molar-refractivity contribution in [3.63, 3.8) is 0 Å². The molecule has 1 fully saturated rings. The summed E-state index contributed by atoms with van der Waals surface area (Å²) < 4.78 is 11.6. The van der Waals surface area contributed by atoms with Crippen LogP contribution >= 0.6 is 11.6 Å². The molecular weight excluding hydrogens is 498 g/mol. The molecule has 0 bridgehead atoms. The third kappa shape index (κ3) is 6.70. The molecule has 1 aromatic heterocycles. The monoisotopic (exact) mass is 529 g/mol. The van der Waals surface area contributed by atoms with Gasteiger partial charge in [-0.3, -0.25) is 9.69 Å². The predicted octanol–water partition coefficient (Wildman–Crippen LogP) is 6.84. The molecule has 0 unspecified atom stereocenters. The number of ether oxygens (including phenoxy) is 1. The molecule has 0 aliphatic carbocycles. The highest BCUT2D eigenvalue weighted by molar-refractivity contribution is 6.30. The number of halogens is 1. The normalized spacial score (nSPS) is 14.1. The molecule has 196 valence electrons. The van der Waals surface area contributed by atoms with Crippen LogP contribution in [-0.4, -0.2) is 42.1 Å². The summed E-state index contributed by atoms with van der Waals surface area (Å²) in [4.78, 5) is 20.0. The molecular formula is C31H32ClN3O3. The van der Waals surface area contributed by atoms with E-state index in [9.17, 15) is 4.79 Å². The molecule has 1 saturated heterocycles. The van der Waals surface area contributed by atoms with Crippen LogP contribution in [-0.2, 0) is 22.5 Å². The molecule has 1 aliphatic heterocycles. The van der Waals surface area contributed by atoms with E-state index in [0.717, 1.165) is 55.1 Å². The smallest absolute Gasteiger partial charge is 0.226 e. The minimum absolute atomic E-state index is 0.0724. The molecule has 0 saturated carbocycles. The maximum atomic E-state index is 12.8. The summed E-state index contributed by atoms with van der Waals surface area (Å²) in [5, 5.41) is 3.67. The lowest BCUT2D eigenvalue weighted by Crippen LogP contribution is -2.36. The largest absolute Gasteiger partial charge is 0.440 e. The molecule has 0 spiro atoms. The van der Waals surface area contributed by atoms with Gasteiger partial charge in [0.05, 0.1) is 0 Å². The Hall–Kier alpha value is -3.45. The number of oxazole rings is 1. The highest BCUT2D eigenvalue weighted by Gasteiger charge is 2.19. The van der Waals surface area contributed by atoms with Crippen LogP contribution in [0.3, 0.4) is 0 Å². The number of carbonyl (C=O) groups is 1. The maximum Gasteiger partial charge on any atom is 0.226 e. The highest BCUT2D eigenvalue weighted by atomic mass is 35.5. The molecule has 38 heavy (non-hydrogen) atoms. The zero-order chi connectivity index (χ0) is 26.3. The van der Waals surface area contributed by atoms with Gasteiger partial charge in [0, 0.05) is 60.5 Å². The van der Waals surface area contributed by atoms with Crippen LogP contribution in [0.4, 0.5) is 5.69 Å². The minimum atomic E-state index is -0.0724. The van der Waals surface area contributed by atoms with E-state index in [1.165, 1.54) is 5.56 Å². The standard InChI is InChI=1S/C31H32ClN3O3/c1-35(27-17-19-37-20-18-27)21-22-7-13-26(14-8-22)33-29(36)16-15-28-30(23-9-11-25(32)12-10-23)34-31(38-28)24-5-3-2-4-6-24/h2-14,27H,15-21H2,1H3,(H,33,36). The summed E-state index contributed by atoms with van der Waals surface area (Å²) in [6.07, 6.45) is 2.85. The van der Waals surface area contributed by atoms with Gasteiger partial charge in [-0.25, -0.2) is 4.98 Å². The van der Waals surface area contributed by atoms with Crippen LogP contribution in [0.2, 0.25) is 5.02 Å². The third-order valence-electron chi connectivity index (χ3n) is 6.90. The number of carbonyl (C=O) groups excluding carboxylic acids is 1. The van der Waals surface area contributed by atoms with E-state index in [-0.39, 0.29) is 12.3 Å². The number of nitrogens with one attached hydrogen (secondary N) is 1. The number of hydrogen-bond donors (Lipinski definition) is 1. The highest BCUT2D eigenvalue weighted by Crippen LogP contribution is 2.31. The van der Waals surface area contributed by atoms with Crippen molar-refractivity contribution in [1.82, 2.24) is 9.88 Å². The van der Waals surface area contributed by atoms with Crippen LogP contribution in [0, 0.1) is 0 Å². The van der Waals surface area contributed by atoms with Crippen molar-refractivity contribution in [3.8, 4) is 22.7 Å². The van der Waals surface area contributed by atoms with Crippen molar-refractivity contribution in [1.29, 1.82) is 0 Å². The van der Waals surface area contributed by atoms with Gasteiger partial charge in [0.15, 0.2) is 0 Å². The van der Waals surface area contributed by atoms with E-state index >= 15 is 0 Å². The second-order valence-electron chi connectivity index (χ2n) is 9.67. The van der Waals surface area contributed by atoms with E-state index < -0.39 is 0 Å². The van der Waals surface area contributed by atoms with E-state index in [2.05, 4.69) is 29.4 Å². The average Bonchev–Trinajstić information content (AvgIpc) is 3.39. The minimum Gasteiger partial charge on any atom is -0.440 e. The summed E-state index contributed by atoms with van der Waals surface area (Å²) in [5.74, 6) is 1.14. The molecule has 1 amide bonds. The topological polar surface area (TPSA) is 67.6 Å². The van der Waals surface area contributed by atoms with Gasteiger partial charge in [-0.05, 0) is 61.9 Å². The third-order valence-corrected chi connectivity index (χ3v) is 7.15. The Kier molecular flexibility index (Phi) is 8.54. The Balaban J connectivity index is 1.22. The van der Waals surface area contributed by atoms with Crippen LogP contribution in [0.25, 0.3) is 22.7 Å². The van der Waals surface area contributed by atoms with E-state index in [1.54, 1.807) is 0 Å². The Morgan fingerprint density at radius 1 is 0.974 bits per heavy atom. The number of anilines is 1. The van der Waals surface area contributed by atoms with Gasteiger partial charge >= 0.3 is 0 Å². The molecule has 7 heteroatoms. The molecule has 2 heterocycles. The average molecular weight is 530 g/mol. The Labute approximate surface area is 228 Å². The Bertz CT molecular complexity index is 1330. The van der Waals surface area contributed by atoms with Crippen molar-refractivity contribution in [2.45, 2.75) is 38.3 Å². The van der Waals surface area contributed by atoms with Crippen LogP contribution < -0.4 is 5.32 Å². The molecule has 1 N–H and O–H groups in total. The Morgan fingerprint density at radius 3 is 2.39 bits per heavy atom. The SMILES string of the molecule is CN(Cc1ccc(NC(=O)CCc2oc(-c3ccccc3)nc2-c2ccc(Cl)cc2)cc1)C1CCOCC1. The summed E-state index contributed by atoms with van der Waals surface area (Å²) >= 11 is 6.09. The van der Waals surface area contributed by atoms with E-state index in [4.69, 9.17) is 25.7 Å². The van der Waals surface area contributed by atoms with Gasteiger partial charge in [-0.2, -0.15) is 0 Å². The predicted molar refractivity (Wildman–Crippen MR) is 151 cm³/mol. The first-order valence-electron chi connectivity index (χ1n) is 13.0. The number of hydrogen-bond acceptors (Lipinski definition) is 5. The molecule has 5 rings (SSSR count). The lowest BCUT2D eigenvalue weighted by atomic mass is 10.1. The molecule has 6 nitrogen and oxygen atoms in total. The number of rotatable bonds is 9. The molecule has 3 aromatic carbocycles. The van der Waals surface area contributed by atoms with Crippen molar-refractivity contribution < 1.29 is 13.9 Å². The van der Waals surface area contributed by atoms with Gasteiger partial charge < -0.3 is 14.5 Å². The van der Waals surface area contributed by atoms with E-state index in [1.807, 2.05) is 66.7 Å².